The highest BCUT2D eigenvalue weighted by molar-refractivity contribution is 6.09. The van der Waals surface area contributed by atoms with Gasteiger partial charge < -0.3 is 16.0 Å². The number of primary amides is 1. The summed E-state index contributed by atoms with van der Waals surface area (Å²) >= 11 is 0. The lowest BCUT2D eigenvalue weighted by Gasteiger charge is -2.25. The summed E-state index contributed by atoms with van der Waals surface area (Å²) in [6.07, 6.45) is -0.0134. The van der Waals surface area contributed by atoms with E-state index in [1.807, 2.05) is 36.4 Å². The minimum atomic E-state index is -1.24. The highest BCUT2D eigenvalue weighted by Gasteiger charge is 2.49. The Hall–Kier alpha value is -3.68. The van der Waals surface area contributed by atoms with Crippen molar-refractivity contribution in [3.63, 3.8) is 0 Å². The van der Waals surface area contributed by atoms with E-state index in [9.17, 15) is 19.2 Å². The van der Waals surface area contributed by atoms with Crippen molar-refractivity contribution in [1.29, 1.82) is 0 Å². The van der Waals surface area contributed by atoms with Crippen LogP contribution >= 0.6 is 0 Å². The van der Waals surface area contributed by atoms with Crippen LogP contribution in [-0.2, 0) is 26.5 Å². The van der Waals surface area contributed by atoms with Crippen LogP contribution in [0.2, 0.25) is 0 Å². The number of imide groups is 1. The van der Waals surface area contributed by atoms with Crippen LogP contribution in [0.15, 0.2) is 60.7 Å². The molecule has 1 unspecified atom stereocenters. The Bertz CT molecular complexity index is 948. The van der Waals surface area contributed by atoms with E-state index in [0.29, 0.717) is 5.56 Å². The molecular weight excluding hydrogens is 384 g/mol. The molecule has 0 radical (unpaired) electrons. The van der Waals surface area contributed by atoms with E-state index in [1.165, 1.54) is 4.90 Å². The molecular formula is C22H24N4O4. The quantitative estimate of drug-likeness (QED) is 0.642. The third-order valence-corrected chi connectivity index (χ3v) is 5.12. The second kappa shape index (κ2) is 8.77. The van der Waals surface area contributed by atoms with Crippen molar-refractivity contribution >= 4 is 23.8 Å². The van der Waals surface area contributed by atoms with Crippen LogP contribution in [0.5, 0.6) is 0 Å². The van der Waals surface area contributed by atoms with Gasteiger partial charge >= 0.3 is 6.03 Å². The molecule has 0 aromatic heterocycles. The number of urea groups is 1. The summed E-state index contributed by atoms with van der Waals surface area (Å²) in [5, 5.41) is 2.68. The van der Waals surface area contributed by atoms with Crippen molar-refractivity contribution < 1.29 is 19.2 Å². The Balaban J connectivity index is 1.76. The number of nitrogens with zero attached hydrogens (tertiary/aromatic N) is 2. The molecule has 1 saturated heterocycles. The van der Waals surface area contributed by atoms with E-state index < -0.39 is 35.8 Å². The number of nitrogens with two attached hydrogens (primary N) is 1. The monoisotopic (exact) mass is 408 g/mol. The van der Waals surface area contributed by atoms with Gasteiger partial charge in [0.15, 0.2) is 0 Å². The van der Waals surface area contributed by atoms with Gasteiger partial charge in [0.1, 0.15) is 12.1 Å². The zero-order chi connectivity index (χ0) is 21.7. The van der Waals surface area contributed by atoms with E-state index >= 15 is 0 Å². The number of benzene rings is 2. The van der Waals surface area contributed by atoms with Gasteiger partial charge in [-0.2, -0.15) is 0 Å². The predicted octanol–water partition coefficient (Wildman–Crippen LogP) is 1.36. The lowest BCUT2D eigenvalue weighted by Crippen LogP contribution is -2.45. The second-order valence-corrected chi connectivity index (χ2v) is 7.33. The maximum absolute atomic E-state index is 13.0. The van der Waals surface area contributed by atoms with Crippen LogP contribution < -0.4 is 11.1 Å². The largest absolute Gasteiger partial charge is 0.370 e. The molecule has 1 atom stereocenters. The molecule has 1 aliphatic rings. The average molecular weight is 408 g/mol. The number of hydrogen-bond acceptors (Lipinski definition) is 4. The van der Waals surface area contributed by atoms with Crippen LogP contribution in [0.4, 0.5) is 4.79 Å². The first-order valence-corrected chi connectivity index (χ1v) is 9.61. The van der Waals surface area contributed by atoms with Gasteiger partial charge in [0, 0.05) is 19.5 Å². The molecule has 8 nitrogen and oxygen atoms in total. The maximum Gasteiger partial charge on any atom is 0.325 e. The summed E-state index contributed by atoms with van der Waals surface area (Å²) in [5.41, 5.74) is 5.49. The van der Waals surface area contributed by atoms with Gasteiger partial charge in [-0.25, -0.2) is 4.79 Å². The zero-order valence-corrected chi connectivity index (χ0v) is 16.7. The van der Waals surface area contributed by atoms with E-state index in [1.54, 1.807) is 31.2 Å². The molecule has 0 saturated carbocycles. The van der Waals surface area contributed by atoms with Crippen LogP contribution in [0.3, 0.4) is 0 Å². The van der Waals surface area contributed by atoms with Crippen molar-refractivity contribution in [3.8, 4) is 0 Å². The highest BCUT2D eigenvalue weighted by atomic mass is 16.2. The van der Waals surface area contributed by atoms with Gasteiger partial charge in [-0.05, 0) is 18.1 Å². The number of nitrogens with one attached hydrogen (secondary N) is 1. The van der Waals surface area contributed by atoms with E-state index in [2.05, 4.69) is 5.32 Å². The number of carbonyl (C=O) groups is 4. The maximum atomic E-state index is 13.0. The normalized spacial score (nSPS) is 18.2. The van der Waals surface area contributed by atoms with Crippen molar-refractivity contribution in [2.45, 2.75) is 25.4 Å². The van der Waals surface area contributed by atoms with Crippen LogP contribution in [-0.4, -0.2) is 46.6 Å². The fourth-order valence-corrected chi connectivity index (χ4v) is 3.38. The Kier molecular flexibility index (Phi) is 6.15. The number of rotatable bonds is 8. The lowest BCUT2D eigenvalue weighted by molar-refractivity contribution is -0.139. The summed E-state index contributed by atoms with van der Waals surface area (Å²) in [6, 6.07) is 17.5. The molecule has 3 rings (SSSR count). The van der Waals surface area contributed by atoms with Crippen LogP contribution in [0.1, 0.15) is 24.5 Å². The van der Waals surface area contributed by atoms with Crippen molar-refractivity contribution in [3.05, 3.63) is 71.8 Å². The molecule has 30 heavy (non-hydrogen) atoms. The minimum absolute atomic E-state index is 0.0134. The Labute approximate surface area is 174 Å². The molecule has 5 amide bonds. The Morgan fingerprint density at radius 2 is 1.63 bits per heavy atom. The van der Waals surface area contributed by atoms with Crippen molar-refractivity contribution in [1.82, 2.24) is 15.1 Å². The van der Waals surface area contributed by atoms with Gasteiger partial charge in [-0.15, -0.1) is 0 Å². The third kappa shape index (κ3) is 4.48. The molecule has 0 bridgehead atoms. The first-order chi connectivity index (χ1) is 14.3. The molecule has 1 fully saturated rings. The number of carbonyl (C=O) groups excluding carboxylic acids is 4. The van der Waals surface area contributed by atoms with Crippen LogP contribution in [0.25, 0.3) is 0 Å². The fourth-order valence-electron chi connectivity index (χ4n) is 3.38. The summed E-state index contributed by atoms with van der Waals surface area (Å²) in [4.78, 5) is 52.0. The second-order valence-electron chi connectivity index (χ2n) is 7.33. The Morgan fingerprint density at radius 1 is 1.03 bits per heavy atom. The highest BCUT2D eigenvalue weighted by Crippen LogP contribution is 2.28. The first-order valence-electron chi connectivity index (χ1n) is 9.61. The molecule has 0 spiro atoms. The SMILES string of the molecule is CC1(c2ccccc2)NC(=O)N(CC(=O)N(CCC(N)=O)Cc2ccccc2)C1=O. The number of amides is 5. The molecule has 8 heteroatoms. The van der Waals surface area contributed by atoms with Gasteiger partial charge in [0.05, 0.1) is 0 Å². The molecule has 2 aromatic carbocycles. The van der Waals surface area contributed by atoms with Crippen molar-refractivity contribution in [2.24, 2.45) is 5.73 Å². The van der Waals surface area contributed by atoms with Gasteiger partial charge in [-0.1, -0.05) is 60.7 Å². The van der Waals surface area contributed by atoms with E-state index in [-0.39, 0.29) is 19.5 Å². The molecule has 2 aromatic rings. The first kappa shape index (κ1) is 21.0. The molecule has 3 N–H and O–H groups in total. The van der Waals surface area contributed by atoms with E-state index in [0.717, 1.165) is 10.5 Å². The lowest BCUT2D eigenvalue weighted by atomic mass is 9.92. The van der Waals surface area contributed by atoms with E-state index in [4.69, 9.17) is 5.73 Å². The molecule has 1 heterocycles. The topological polar surface area (TPSA) is 113 Å². The summed E-state index contributed by atoms with van der Waals surface area (Å²) in [6.45, 7) is 1.54. The molecule has 0 aliphatic carbocycles. The standard InChI is InChI=1S/C22H24N4O4/c1-22(17-10-6-3-7-11-17)20(29)26(21(30)24-22)15-19(28)25(13-12-18(23)27)14-16-8-4-2-5-9-16/h2-11H,12-15H2,1H3,(H2,23,27)(H,24,30). The Morgan fingerprint density at radius 3 is 2.23 bits per heavy atom. The van der Waals surface area contributed by atoms with Gasteiger partial charge in [-0.3, -0.25) is 19.3 Å². The minimum Gasteiger partial charge on any atom is -0.370 e. The smallest absolute Gasteiger partial charge is 0.325 e. The fraction of sp³-hybridized carbons (Fsp3) is 0.273. The zero-order valence-electron chi connectivity index (χ0n) is 16.7. The molecule has 156 valence electrons. The van der Waals surface area contributed by atoms with Gasteiger partial charge in [0.2, 0.25) is 11.8 Å². The molecule has 1 aliphatic heterocycles. The van der Waals surface area contributed by atoms with Gasteiger partial charge in [0.25, 0.3) is 5.91 Å². The van der Waals surface area contributed by atoms with Crippen molar-refractivity contribution in [2.75, 3.05) is 13.1 Å². The third-order valence-electron chi connectivity index (χ3n) is 5.12. The summed E-state index contributed by atoms with van der Waals surface area (Å²) < 4.78 is 0. The predicted molar refractivity (Wildman–Crippen MR) is 110 cm³/mol. The average Bonchev–Trinajstić information content (AvgIpc) is 2.96. The summed E-state index contributed by atoms with van der Waals surface area (Å²) in [5.74, 6) is -1.48. The van der Waals surface area contributed by atoms with Crippen LogP contribution in [0, 0.1) is 0 Å². The summed E-state index contributed by atoms with van der Waals surface area (Å²) in [7, 11) is 0. The number of hydrogen-bond donors (Lipinski definition) is 2.